The van der Waals surface area contributed by atoms with Crippen LogP contribution >= 0.6 is 0 Å². The summed E-state index contributed by atoms with van der Waals surface area (Å²) < 4.78 is 0. The maximum Gasteiger partial charge on any atom is 0.275 e. The van der Waals surface area contributed by atoms with Gasteiger partial charge in [-0.15, -0.1) is 0 Å². The SMILES string of the molecule is Cc1cc(C)cc(C[NH+]2CCNC(=O)C2)c1. The number of carbonyl (C=O) groups excluding carboxylic acids is 1. The number of quaternary nitrogens is 1. The molecule has 1 saturated heterocycles. The Bertz CT molecular complexity index is 381. The first-order valence-electron chi connectivity index (χ1n) is 5.81. The minimum atomic E-state index is 0.172. The van der Waals surface area contributed by atoms with Gasteiger partial charge in [-0.1, -0.05) is 29.3 Å². The Labute approximate surface area is 96.5 Å². The van der Waals surface area contributed by atoms with E-state index >= 15 is 0 Å². The minimum absolute atomic E-state index is 0.172. The zero-order valence-corrected chi connectivity index (χ0v) is 9.97. The van der Waals surface area contributed by atoms with Crippen LogP contribution in [-0.2, 0) is 11.3 Å². The number of rotatable bonds is 2. The van der Waals surface area contributed by atoms with Gasteiger partial charge in [-0.3, -0.25) is 4.79 Å². The van der Waals surface area contributed by atoms with E-state index in [0.29, 0.717) is 6.54 Å². The van der Waals surface area contributed by atoms with E-state index in [4.69, 9.17) is 0 Å². The number of aryl methyl sites for hydroxylation is 2. The molecule has 1 aliphatic heterocycles. The molecule has 1 aromatic rings. The molecule has 86 valence electrons. The predicted molar refractivity (Wildman–Crippen MR) is 63.3 cm³/mol. The van der Waals surface area contributed by atoms with Crippen LogP contribution in [0.2, 0.25) is 0 Å². The summed E-state index contributed by atoms with van der Waals surface area (Å²) in [6.07, 6.45) is 0. The van der Waals surface area contributed by atoms with Gasteiger partial charge in [0.05, 0.1) is 13.1 Å². The van der Waals surface area contributed by atoms with Crippen LogP contribution in [0.25, 0.3) is 0 Å². The van der Waals surface area contributed by atoms with E-state index in [1.54, 1.807) is 0 Å². The third-order valence-corrected chi connectivity index (χ3v) is 2.95. The molecule has 1 unspecified atom stereocenters. The van der Waals surface area contributed by atoms with Crippen molar-refractivity contribution in [2.75, 3.05) is 19.6 Å². The molecule has 3 nitrogen and oxygen atoms in total. The minimum Gasteiger partial charge on any atom is -0.346 e. The van der Waals surface area contributed by atoms with Gasteiger partial charge in [-0.25, -0.2) is 0 Å². The summed E-state index contributed by atoms with van der Waals surface area (Å²) in [6.45, 7) is 7.63. The normalized spacial score (nSPS) is 20.6. The Morgan fingerprint density at radius 3 is 2.56 bits per heavy atom. The van der Waals surface area contributed by atoms with E-state index in [1.807, 2.05) is 0 Å². The van der Waals surface area contributed by atoms with Gasteiger partial charge in [0.25, 0.3) is 5.91 Å². The standard InChI is InChI=1S/C13H18N2O/c1-10-5-11(2)7-12(6-10)8-15-4-3-14-13(16)9-15/h5-7H,3-4,8-9H2,1-2H3,(H,14,16)/p+1. The van der Waals surface area contributed by atoms with Crippen molar-refractivity contribution in [3.63, 3.8) is 0 Å². The highest BCUT2D eigenvalue weighted by atomic mass is 16.2. The molecule has 0 spiro atoms. The second kappa shape index (κ2) is 4.66. The Hall–Kier alpha value is -1.35. The number of carbonyl (C=O) groups is 1. The zero-order valence-electron chi connectivity index (χ0n) is 9.97. The summed E-state index contributed by atoms with van der Waals surface area (Å²) in [7, 11) is 0. The van der Waals surface area contributed by atoms with Crippen molar-refractivity contribution in [2.24, 2.45) is 0 Å². The van der Waals surface area contributed by atoms with E-state index in [1.165, 1.54) is 21.6 Å². The molecule has 0 aliphatic carbocycles. The average Bonchev–Trinajstić information content (AvgIpc) is 2.15. The van der Waals surface area contributed by atoms with Crippen LogP contribution in [0.5, 0.6) is 0 Å². The van der Waals surface area contributed by atoms with Gasteiger partial charge in [0.15, 0.2) is 6.54 Å². The Morgan fingerprint density at radius 1 is 1.25 bits per heavy atom. The van der Waals surface area contributed by atoms with E-state index < -0.39 is 0 Å². The number of nitrogens with one attached hydrogen (secondary N) is 2. The first-order chi connectivity index (χ1) is 7.63. The molecule has 1 heterocycles. The highest BCUT2D eigenvalue weighted by Gasteiger charge is 2.19. The first-order valence-corrected chi connectivity index (χ1v) is 5.81. The lowest BCUT2D eigenvalue weighted by atomic mass is 10.1. The van der Waals surface area contributed by atoms with Gasteiger partial charge in [0.1, 0.15) is 6.54 Å². The van der Waals surface area contributed by atoms with Crippen LogP contribution in [0.1, 0.15) is 16.7 Å². The van der Waals surface area contributed by atoms with Crippen LogP contribution in [0.4, 0.5) is 0 Å². The smallest absolute Gasteiger partial charge is 0.275 e. The summed E-state index contributed by atoms with van der Waals surface area (Å²) in [5.41, 5.74) is 3.94. The van der Waals surface area contributed by atoms with Gasteiger partial charge < -0.3 is 10.2 Å². The number of hydrogen-bond acceptors (Lipinski definition) is 1. The Kier molecular flexibility index (Phi) is 3.25. The van der Waals surface area contributed by atoms with Crippen molar-refractivity contribution < 1.29 is 9.69 Å². The van der Waals surface area contributed by atoms with Crippen molar-refractivity contribution in [3.05, 3.63) is 34.9 Å². The van der Waals surface area contributed by atoms with Crippen molar-refractivity contribution in [2.45, 2.75) is 20.4 Å². The monoisotopic (exact) mass is 219 g/mol. The second-order valence-electron chi connectivity index (χ2n) is 4.70. The zero-order chi connectivity index (χ0) is 11.5. The lowest BCUT2D eigenvalue weighted by Gasteiger charge is -2.23. The van der Waals surface area contributed by atoms with Gasteiger partial charge in [0, 0.05) is 5.56 Å². The molecule has 1 amide bonds. The molecule has 1 atom stereocenters. The van der Waals surface area contributed by atoms with E-state index in [-0.39, 0.29) is 5.91 Å². The summed E-state index contributed by atoms with van der Waals surface area (Å²) in [5.74, 6) is 0.172. The number of amides is 1. The topological polar surface area (TPSA) is 33.5 Å². The highest BCUT2D eigenvalue weighted by molar-refractivity contribution is 5.77. The maximum atomic E-state index is 11.3. The number of hydrogen-bond donors (Lipinski definition) is 2. The van der Waals surface area contributed by atoms with Crippen molar-refractivity contribution in [3.8, 4) is 0 Å². The van der Waals surface area contributed by atoms with Gasteiger partial charge in [-0.05, 0) is 13.8 Å². The van der Waals surface area contributed by atoms with Gasteiger partial charge in [-0.2, -0.15) is 0 Å². The van der Waals surface area contributed by atoms with Crippen LogP contribution < -0.4 is 10.2 Å². The fourth-order valence-electron chi connectivity index (χ4n) is 2.37. The maximum absolute atomic E-state index is 11.3. The molecule has 16 heavy (non-hydrogen) atoms. The van der Waals surface area contributed by atoms with Crippen LogP contribution in [0, 0.1) is 13.8 Å². The van der Waals surface area contributed by atoms with Crippen molar-refractivity contribution >= 4 is 5.91 Å². The summed E-state index contributed by atoms with van der Waals surface area (Å²) in [6, 6.07) is 6.61. The summed E-state index contributed by atoms with van der Waals surface area (Å²) in [5, 5.41) is 2.86. The number of piperazine rings is 1. The van der Waals surface area contributed by atoms with E-state index in [9.17, 15) is 4.79 Å². The van der Waals surface area contributed by atoms with Crippen LogP contribution in [-0.4, -0.2) is 25.5 Å². The largest absolute Gasteiger partial charge is 0.346 e. The quantitative estimate of drug-likeness (QED) is 0.711. The number of benzene rings is 1. The van der Waals surface area contributed by atoms with E-state index in [2.05, 4.69) is 37.4 Å². The molecule has 0 saturated carbocycles. The lowest BCUT2D eigenvalue weighted by Crippen LogP contribution is -3.14. The van der Waals surface area contributed by atoms with Gasteiger partial charge in [0.2, 0.25) is 0 Å². The molecule has 0 bridgehead atoms. The lowest BCUT2D eigenvalue weighted by molar-refractivity contribution is -0.907. The first kappa shape index (κ1) is 11.1. The molecule has 2 N–H and O–H groups in total. The predicted octanol–water partition coefficient (Wildman–Crippen LogP) is -0.182. The molecule has 1 aliphatic rings. The molecule has 1 aromatic carbocycles. The third-order valence-electron chi connectivity index (χ3n) is 2.95. The molecular formula is C13H19N2O+. The summed E-state index contributed by atoms with van der Waals surface area (Å²) in [4.78, 5) is 12.6. The third kappa shape index (κ3) is 2.83. The fourth-order valence-corrected chi connectivity index (χ4v) is 2.37. The average molecular weight is 219 g/mol. The molecule has 1 fully saturated rings. The van der Waals surface area contributed by atoms with Crippen LogP contribution in [0.3, 0.4) is 0 Å². The molecule has 2 rings (SSSR count). The molecule has 3 heteroatoms. The molecular weight excluding hydrogens is 200 g/mol. The van der Waals surface area contributed by atoms with Crippen molar-refractivity contribution in [1.82, 2.24) is 5.32 Å². The van der Waals surface area contributed by atoms with Crippen LogP contribution in [0.15, 0.2) is 18.2 Å². The second-order valence-corrected chi connectivity index (χ2v) is 4.70. The Morgan fingerprint density at radius 2 is 1.94 bits per heavy atom. The molecule has 0 radical (unpaired) electrons. The highest BCUT2D eigenvalue weighted by Crippen LogP contribution is 2.07. The van der Waals surface area contributed by atoms with E-state index in [0.717, 1.165) is 19.6 Å². The Balaban J connectivity index is 2.05. The van der Waals surface area contributed by atoms with Crippen molar-refractivity contribution in [1.29, 1.82) is 0 Å². The fraction of sp³-hybridized carbons (Fsp3) is 0.462. The van der Waals surface area contributed by atoms with Gasteiger partial charge >= 0.3 is 0 Å². The molecule has 0 aromatic heterocycles. The summed E-state index contributed by atoms with van der Waals surface area (Å²) >= 11 is 0.